The lowest BCUT2D eigenvalue weighted by Gasteiger charge is -2.16. The monoisotopic (exact) mass is 710 g/mol. The zero-order valence-corrected chi connectivity index (χ0v) is 32.0. The van der Waals surface area contributed by atoms with Gasteiger partial charge in [-0.3, -0.25) is 0 Å². The second-order valence-electron chi connectivity index (χ2n) is 13.9. The topological polar surface area (TPSA) is 29.3 Å². The molecule has 0 atom stereocenters. The predicted octanol–water partition coefficient (Wildman–Crippen LogP) is 12.3. The van der Waals surface area contributed by atoms with Crippen molar-refractivity contribution < 1.29 is 9.53 Å². The molecule has 1 aliphatic heterocycles. The van der Waals surface area contributed by atoms with Crippen molar-refractivity contribution in [3.8, 4) is 0 Å². The highest BCUT2D eigenvalue weighted by Gasteiger charge is 2.31. The highest BCUT2D eigenvalue weighted by atomic mass is 16.6. The third-order valence-corrected chi connectivity index (χ3v) is 8.98. The maximum Gasteiger partial charge on any atom is 0.597 e. The molecular formula is C50H64NO2+. The van der Waals surface area contributed by atoms with Crippen LogP contribution in [0, 0.1) is 6.92 Å². The first kappa shape index (κ1) is 44.1. The van der Waals surface area contributed by atoms with Crippen molar-refractivity contribution in [3.63, 3.8) is 0 Å². The fourth-order valence-electron chi connectivity index (χ4n) is 6.03. The third-order valence-electron chi connectivity index (χ3n) is 8.98. The van der Waals surface area contributed by atoms with Crippen LogP contribution in [0.4, 0.5) is 4.79 Å². The van der Waals surface area contributed by atoms with Crippen LogP contribution < -0.4 is 15.2 Å². The van der Waals surface area contributed by atoms with Gasteiger partial charge in [-0.15, -0.1) is 4.58 Å². The molecule has 0 unspecified atom stereocenters. The number of amides is 1. The lowest BCUT2D eigenvalue weighted by molar-refractivity contribution is 0.0491. The number of para-hydroxylation sites is 1. The minimum Gasteiger partial charge on any atom is -0.406 e. The zero-order valence-electron chi connectivity index (χ0n) is 32.0. The number of hydrogen-bond donors (Lipinski definition) is 0. The molecule has 0 saturated heterocycles. The second kappa shape index (κ2) is 21.5. The fraction of sp³-hybridized carbons (Fsp3) is 0.320. The second-order valence-corrected chi connectivity index (χ2v) is 13.9. The van der Waals surface area contributed by atoms with Gasteiger partial charge in [0.2, 0.25) is 5.36 Å². The van der Waals surface area contributed by atoms with E-state index >= 15 is 0 Å². The molecule has 3 nitrogen and oxygen atoms in total. The maximum atomic E-state index is 12.2. The van der Waals surface area contributed by atoms with Crippen LogP contribution in [-0.2, 0) is 24.0 Å². The van der Waals surface area contributed by atoms with Crippen molar-refractivity contribution in [1.29, 1.82) is 0 Å². The molecular weight excluding hydrogens is 647 g/mol. The van der Waals surface area contributed by atoms with Crippen LogP contribution >= 0.6 is 0 Å². The standard InChI is InChI=1S/C15H20NO2.2C12H12.C9H12.2CH4/c1-5-11-10-16(14(17)18-15(2,3)4)13-9-7-6-8-12(11)13;1-2-10-7-5-8-11-6-3-4-9-12(10)11;1-2-10-7-8-11-5-3-4-6-12(11)9-10;1-3-9-6-4-8(2)5-7-9;;/h6-9H,5,10H2,1-4H3;2*3-9H,2H2,1H3;4-7H,3H2,1-2H3;2*1H4/q+1;;;;;. The van der Waals surface area contributed by atoms with Crippen molar-refractivity contribution >= 4 is 33.2 Å². The summed E-state index contributed by atoms with van der Waals surface area (Å²) in [4.78, 5) is 12.2. The number of carbonyl (C=O) groups is 1. The Morgan fingerprint density at radius 3 is 1.79 bits per heavy atom. The summed E-state index contributed by atoms with van der Waals surface area (Å²) in [7, 11) is 0. The molecule has 0 radical (unpaired) electrons. The summed E-state index contributed by atoms with van der Waals surface area (Å²) in [6.07, 6.45) is 4.06. The molecule has 1 amide bonds. The summed E-state index contributed by atoms with van der Waals surface area (Å²) >= 11 is 0. The van der Waals surface area contributed by atoms with Crippen LogP contribution in [0.5, 0.6) is 0 Å². The van der Waals surface area contributed by atoms with E-state index in [-0.39, 0.29) is 20.9 Å². The summed E-state index contributed by atoms with van der Waals surface area (Å²) in [6.45, 7) is 17.1. The Morgan fingerprint density at radius 1 is 0.604 bits per heavy atom. The van der Waals surface area contributed by atoms with E-state index < -0.39 is 5.60 Å². The van der Waals surface area contributed by atoms with E-state index in [0.717, 1.165) is 31.0 Å². The molecule has 280 valence electrons. The quantitative estimate of drug-likeness (QED) is 0.170. The van der Waals surface area contributed by atoms with Gasteiger partial charge in [0.1, 0.15) is 5.60 Å². The van der Waals surface area contributed by atoms with Crippen LogP contribution in [0.15, 0.2) is 133 Å². The summed E-state index contributed by atoms with van der Waals surface area (Å²) in [5, 5.41) is 7.54. The van der Waals surface area contributed by atoms with Gasteiger partial charge in [0.15, 0.2) is 6.54 Å². The van der Waals surface area contributed by atoms with E-state index in [1.165, 1.54) is 54.6 Å². The molecule has 1 aliphatic rings. The molecule has 0 bridgehead atoms. The molecule has 7 rings (SSSR count). The Balaban J connectivity index is 0.000000249. The van der Waals surface area contributed by atoms with E-state index in [1.54, 1.807) is 4.58 Å². The predicted molar refractivity (Wildman–Crippen MR) is 232 cm³/mol. The summed E-state index contributed by atoms with van der Waals surface area (Å²) in [5.74, 6) is 0. The first-order valence-corrected chi connectivity index (χ1v) is 18.5. The number of fused-ring (bicyclic) bond motifs is 3. The van der Waals surface area contributed by atoms with Crippen molar-refractivity contribution in [1.82, 2.24) is 4.58 Å². The van der Waals surface area contributed by atoms with Crippen molar-refractivity contribution in [2.75, 3.05) is 6.54 Å². The minimum absolute atomic E-state index is 0. The van der Waals surface area contributed by atoms with Gasteiger partial charge in [0.25, 0.3) is 0 Å². The molecule has 0 spiro atoms. The van der Waals surface area contributed by atoms with Gasteiger partial charge in [0, 0.05) is 11.6 Å². The number of nitrogens with zero attached hydrogens (tertiary/aromatic N) is 1. The molecule has 0 fully saturated rings. The number of carbonyl (C=O) groups excluding carboxylic acids is 1. The van der Waals surface area contributed by atoms with Gasteiger partial charge in [-0.1, -0.05) is 169 Å². The summed E-state index contributed by atoms with van der Waals surface area (Å²) in [5.41, 5.74) is 6.44. The largest absolute Gasteiger partial charge is 0.597 e. The smallest absolute Gasteiger partial charge is 0.406 e. The Morgan fingerprint density at radius 2 is 1.17 bits per heavy atom. The number of aryl methyl sites for hydroxylation is 4. The third kappa shape index (κ3) is 12.9. The number of hydrogen-bond acceptors (Lipinski definition) is 2. The van der Waals surface area contributed by atoms with E-state index in [4.69, 9.17) is 4.74 Å². The summed E-state index contributed by atoms with van der Waals surface area (Å²) in [6, 6.07) is 46.8. The maximum absolute atomic E-state index is 12.2. The molecule has 0 aromatic heterocycles. The fourth-order valence-corrected chi connectivity index (χ4v) is 6.03. The van der Waals surface area contributed by atoms with Gasteiger partial charge in [-0.2, -0.15) is 4.79 Å². The van der Waals surface area contributed by atoms with Crippen LogP contribution in [0.25, 0.3) is 27.1 Å². The molecule has 0 N–H and O–H groups in total. The Hall–Kier alpha value is -5.02. The molecule has 3 heteroatoms. The SMILES string of the molecule is C.C.CCC1=c2ccccc2=[N+](C(=O)OC(C)(C)C)C1.CCc1ccc(C)cc1.CCc1ccc2ccccc2c1.CCc1cccc2ccccc12. The van der Waals surface area contributed by atoms with E-state index in [0.29, 0.717) is 6.54 Å². The first-order chi connectivity index (χ1) is 24.6. The lowest BCUT2D eigenvalue weighted by atomic mass is 10.0. The Kier molecular flexibility index (Phi) is 17.9. The van der Waals surface area contributed by atoms with Gasteiger partial charge in [-0.05, 0) is 97.7 Å². The average molecular weight is 711 g/mol. The summed E-state index contributed by atoms with van der Waals surface area (Å²) < 4.78 is 7.17. The highest BCUT2D eigenvalue weighted by molar-refractivity contribution is 5.85. The van der Waals surface area contributed by atoms with E-state index in [1.807, 2.05) is 39.0 Å². The Labute approximate surface area is 320 Å². The zero-order chi connectivity index (χ0) is 36.8. The molecule has 53 heavy (non-hydrogen) atoms. The number of rotatable bonds is 4. The van der Waals surface area contributed by atoms with Gasteiger partial charge in [0.05, 0.1) is 5.22 Å². The molecule has 1 heterocycles. The molecule has 6 aromatic carbocycles. The van der Waals surface area contributed by atoms with Gasteiger partial charge < -0.3 is 4.74 Å². The van der Waals surface area contributed by atoms with Crippen LogP contribution in [0.1, 0.15) is 92.0 Å². The van der Waals surface area contributed by atoms with Crippen LogP contribution in [0.3, 0.4) is 0 Å². The average Bonchev–Trinajstić information content (AvgIpc) is 3.54. The van der Waals surface area contributed by atoms with Crippen LogP contribution in [0.2, 0.25) is 0 Å². The highest BCUT2D eigenvalue weighted by Crippen LogP contribution is 2.18. The number of ether oxygens (including phenoxy) is 1. The van der Waals surface area contributed by atoms with Gasteiger partial charge in [-0.25, -0.2) is 0 Å². The van der Waals surface area contributed by atoms with Crippen LogP contribution in [-0.4, -0.2) is 18.2 Å². The van der Waals surface area contributed by atoms with E-state index in [2.05, 4.69) is 150 Å². The van der Waals surface area contributed by atoms with E-state index in [9.17, 15) is 4.79 Å². The number of benzene rings is 6. The Bertz CT molecular complexity index is 2140. The normalized spacial score (nSPS) is 11.3. The molecule has 0 saturated carbocycles. The van der Waals surface area contributed by atoms with Crippen molar-refractivity contribution in [2.24, 2.45) is 0 Å². The lowest BCUT2D eigenvalue weighted by Crippen LogP contribution is -2.41. The molecule has 0 aliphatic carbocycles. The minimum atomic E-state index is -0.457. The first-order valence-electron chi connectivity index (χ1n) is 18.5. The van der Waals surface area contributed by atoms with Crippen molar-refractivity contribution in [3.05, 3.63) is 166 Å². The van der Waals surface area contributed by atoms with Gasteiger partial charge >= 0.3 is 6.09 Å². The van der Waals surface area contributed by atoms with Crippen molar-refractivity contribution in [2.45, 2.75) is 102 Å². The molecule has 6 aromatic rings.